The fraction of sp³-hybridized carbons (Fsp3) is 1.00. The van der Waals surface area contributed by atoms with Gasteiger partial charge in [0.25, 0.3) is 0 Å². The summed E-state index contributed by atoms with van der Waals surface area (Å²) in [5.41, 5.74) is 0. The molecule has 0 N–H and O–H groups in total. The number of hydrogen-bond acceptors (Lipinski definition) is 3. The minimum Gasteiger partial charge on any atom is -0.381 e. The molecule has 0 aliphatic rings. The zero-order valence-corrected chi connectivity index (χ0v) is 12.0. The van der Waals surface area contributed by atoms with Crippen LogP contribution in [-0.4, -0.2) is 27.4 Å². The monoisotopic (exact) mass is 270 g/mol. The van der Waals surface area contributed by atoms with Gasteiger partial charge in [-0.2, -0.15) is 0 Å². The first-order valence-corrected chi connectivity index (χ1v) is 8.29. The molecule has 0 aromatic heterocycles. The minimum absolute atomic E-state index is 0.0573. The van der Waals surface area contributed by atoms with E-state index in [4.69, 9.17) is 15.4 Å². The van der Waals surface area contributed by atoms with Crippen molar-refractivity contribution in [2.24, 2.45) is 11.8 Å². The van der Waals surface area contributed by atoms with Crippen LogP contribution in [0.3, 0.4) is 0 Å². The standard InChI is InChI=1S/C11H23ClO3S/c1-10(2)4-7-15-8-5-11(3)6-9-16(12,13)14/h10-11H,4-9H2,1-3H3. The average molecular weight is 271 g/mol. The Balaban J connectivity index is 3.41. The van der Waals surface area contributed by atoms with Gasteiger partial charge in [0, 0.05) is 23.9 Å². The molecule has 0 aliphatic heterocycles. The molecule has 0 amide bonds. The van der Waals surface area contributed by atoms with Crippen molar-refractivity contribution in [2.75, 3.05) is 19.0 Å². The summed E-state index contributed by atoms with van der Waals surface area (Å²) < 4.78 is 26.9. The van der Waals surface area contributed by atoms with Gasteiger partial charge in [-0.15, -0.1) is 0 Å². The summed E-state index contributed by atoms with van der Waals surface area (Å²) in [6, 6.07) is 0. The first kappa shape index (κ1) is 16.2. The lowest BCUT2D eigenvalue weighted by Crippen LogP contribution is -2.08. The largest absolute Gasteiger partial charge is 0.381 e. The fourth-order valence-corrected chi connectivity index (χ4v) is 2.14. The smallest absolute Gasteiger partial charge is 0.232 e. The molecule has 1 atom stereocenters. The molecule has 0 heterocycles. The Hall–Kier alpha value is 0.200. The van der Waals surface area contributed by atoms with Crippen molar-refractivity contribution in [1.82, 2.24) is 0 Å². The fourth-order valence-electron chi connectivity index (χ4n) is 1.19. The van der Waals surface area contributed by atoms with Crippen molar-refractivity contribution in [3.05, 3.63) is 0 Å². The summed E-state index contributed by atoms with van der Waals surface area (Å²) in [6.45, 7) is 7.84. The summed E-state index contributed by atoms with van der Waals surface area (Å²) >= 11 is 0. The lowest BCUT2D eigenvalue weighted by molar-refractivity contribution is 0.112. The lowest BCUT2D eigenvalue weighted by Gasteiger charge is -2.11. The van der Waals surface area contributed by atoms with E-state index in [0.717, 1.165) is 19.4 Å². The Labute approximate surface area is 104 Å². The van der Waals surface area contributed by atoms with Crippen LogP contribution in [0.2, 0.25) is 0 Å². The van der Waals surface area contributed by atoms with Crippen LogP contribution >= 0.6 is 10.7 Å². The molecule has 0 aromatic rings. The van der Waals surface area contributed by atoms with E-state index in [9.17, 15) is 8.42 Å². The first-order valence-electron chi connectivity index (χ1n) is 5.81. The molecule has 3 nitrogen and oxygen atoms in total. The first-order chi connectivity index (χ1) is 7.31. The van der Waals surface area contributed by atoms with Gasteiger partial charge in [-0.3, -0.25) is 0 Å². The Morgan fingerprint density at radius 3 is 2.12 bits per heavy atom. The molecule has 0 saturated heterocycles. The Morgan fingerprint density at radius 1 is 1.06 bits per heavy atom. The van der Waals surface area contributed by atoms with Gasteiger partial charge in [0.1, 0.15) is 0 Å². The van der Waals surface area contributed by atoms with Gasteiger partial charge in [0.05, 0.1) is 5.75 Å². The average Bonchev–Trinajstić information content (AvgIpc) is 2.12. The Kier molecular flexibility index (Phi) is 8.42. The second kappa shape index (κ2) is 8.31. The van der Waals surface area contributed by atoms with Crippen molar-refractivity contribution in [3.8, 4) is 0 Å². The summed E-state index contributed by atoms with van der Waals surface area (Å²) in [7, 11) is 1.80. The lowest BCUT2D eigenvalue weighted by atomic mass is 10.1. The third kappa shape index (κ3) is 12.3. The van der Waals surface area contributed by atoms with E-state index in [1.54, 1.807) is 0 Å². The molecule has 5 heteroatoms. The van der Waals surface area contributed by atoms with Crippen LogP contribution in [-0.2, 0) is 13.8 Å². The number of rotatable bonds is 9. The molecule has 0 fully saturated rings. The Morgan fingerprint density at radius 2 is 1.62 bits per heavy atom. The summed E-state index contributed by atoms with van der Waals surface area (Å²) in [4.78, 5) is 0. The van der Waals surface area contributed by atoms with Crippen LogP contribution in [0.5, 0.6) is 0 Å². The number of halogens is 1. The van der Waals surface area contributed by atoms with Crippen molar-refractivity contribution in [2.45, 2.75) is 40.0 Å². The molecule has 1 unspecified atom stereocenters. The van der Waals surface area contributed by atoms with Crippen molar-refractivity contribution in [1.29, 1.82) is 0 Å². The second-order valence-corrected chi connectivity index (χ2v) is 7.62. The second-order valence-electron chi connectivity index (χ2n) is 4.72. The van der Waals surface area contributed by atoms with Gasteiger partial charge >= 0.3 is 0 Å². The summed E-state index contributed by atoms with van der Waals surface area (Å²) in [5, 5.41) is 0. The predicted octanol–water partition coefficient (Wildman–Crippen LogP) is 3.03. The van der Waals surface area contributed by atoms with Crippen molar-refractivity contribution in [3.63, 3.8) is 0 Å². The SMILES string of the molecule is CC(C)CCOCCC(C)CCS(=O)(=O)Cl. The van der Waals surface area contributed by atoms with Crippen LogP contribution in [0, 0.1) is 11.8 Å². The molecule has 0 radical (unpaired) electrons. The van der Waals surface area contributed by atoms with Gasteiger partial charge < -0.3 is 4.74 Å². The minimum atomic E-state index is -3.33. The molecule has 0 aromatic carbocycles. The van der Waals surface area contributed by atoms with Gasteiger partial charge in [-0.1, -0.05) is 20.8 Å². The normalized spacial score (nSPS) is 14.3. The van der Waals surface area contributed by atoms with E-state index >= 15 is 0 Å². The Bertz CT molecular complexity index is 262. The third-order valence-electron chi connectivity index (χ3n) is 2.45. The molecular weight excluding hydrogens is 248 g/mol. The highest BCUT2D eigenvalue weighted by atomic mass is 35.7. The van der Waals surface area contributed by atoms with E-state index in [1.807, 2.05) is 6.92 Å². The number of hydrogen-bond donors (Lipinski definition) is 0. The van der Waals surface area contributed by atoms with E-state index in [-0.39, 0.29) is 5.75 Å². The summed E-state index contributed by atoms with van der Waals surface area (Å²) in [5.74, 6) is 1.06. The maximum atomic E-state index is 10.7. The highest BCUT2D eigenvalue weighted by molar-refractivity contribution is 8.13. The molecule has 98 valence electrons. The van der Waals surface area contributed by atoms with Crippen molar-refractivity contribution < 1.29 is 13.2 Å². The third-order valence-corrected chi connectivity index (χ3v) is 3.64. The summed E-state index contributed by atoms with van der Waals surface area (Å²) in [6.07, 6.45) is 2.58. The molecule has 0 spiro atoms. The van der Waals surface area contributed by atoms with E-state index in [1.165, 1.54) is 0 Å². The highest BCUT2D eigenvalue weighted by Crippen LogP contribution is 2.11. The predicted molar refractivity (Wildman–Crippen MR) is 68.3 cm³/mol. The highest BCUT2D eigenvalue weighted by Gasteiger charge is 2.09. The van der Waals surface area contributed by atoms with E-state index in [2.05, 4.69) is 13.8 Å². The molecule has 0 rings (SSSR count). The van der Waals surface area contributed by atoms with Crippen LogP contribution < -0.4 is 0 Å². The van der Waals surface area contributed by atoms with Gasteiger partial charge in [0.15, 0.2) is 0 Å². The maximum absolute atomic E-state index is 10.7. The molecule has 16 heavy (non-hydrogen) atoms. The zero-order chi connectivity index (χ0) is 12.6. The quantitative estimate of drug-likeness (QED) is 0.478. The zero-order valence-electron chi connectivity index (χ0n) is 10.4. The van der Waals surface area contributed by atoms with Crippen LogP contribution in [0.4, 0.5) is 0 Å². The topological polar surface area (TPSA) is 43.4 Å². The van der Waals surface area contributed by atoms with E-state index in [0.29, 0.717) is 24.9 Å². The van der Waals surface area contributed by atoms with Gasteiger partial charge in [0.2, 0.25) is 9.05 Å². The van der Waals surface area contributed by atoms with Gasteiger partial charge in [-0.25, -0.2) is 8.42 Å². The van der Waals surface area contributed by atoms with Gasteiger partial charge in [-0.05, 0) is 31.1 Å². The molecular formula is C11H23ClO3S. The van der Waals surface area contributed by atoms with Crippen LogP contribution in [0.1, 0.15) is 40.0 Å². The molecule has 0 saturated carbocycles. The van der Waals surface area contributed by atoms with Crippen LogP contribution in [0.25, 0.3) is 0 Å². The van der Waals surface area contributed by atoms with Crippen molar-refractivity contribution >= 4 is 19.7 Å². The van der Waals surface area contributed by atoms with E-state index < -0.39 is 9.05 Å². The molecule has 0 aliphatic carbocycles. The van der Waals surface area contributed by atoms with Crippen LogP contribution in [0.15, 0.2) is 0 Å². The molecule has 0 bridgehead atoms. The number of ether oxygens (including phenoxy) is 1. The maximum Gasteiger partial charge on any atom is 0.232 e.